The Morgan fingerprint density at radius 2 is 2.62 bits per heavy atom. The molecular weight excluding hydrogens is 100 g/mol. The third-order valence-corrected chi connectivity index (χ3v) is 1.60. The molecule has 0 fully saturated rings. The minimum Gasteiger partial charge on any atom is -0.295 e. The summed E-state index contributed by atoms with van der Waals surface area (Å²) in [5.41, 5.74) is 0. The van der Waals surface area contributed by atoms with E-state index in [0.717, 1.165) is 12.8 Å². The van der Waals surface area contributed by atoms with E-state index in [1.165, 1.54) is 0 Å². The monoisotopic (exact) mass is 110 g/mol. The molecule has 44 valence electrons. The summed E-state index contributed by atoms with van der Waals surface area (Å²) in [6, 6.07) is 0. The molecule has 1 aliphatic rings. The Morgan fingerprint density at radius 1 is 1.88 bits per heavy atom. The highest BCUT2D eigenvalue weighted by molar-refractivity contribution is 5.93. The third kappa shape index (κ3) is 0.808. The van der Waals surface area contributed by atoms with Gasteiger partial charge in [-0.15, -0.1) is 0 Å². The van der Waals surface area contributed by atoms with E-state index in [9.17, 15) is 4.79 Å². The highest BCUT2D eigenvalue weighted by atomic mass is 16.1. The normalized spacial score (nSPS) is 27.1. The first-order chi connectivity index (χ1) is 3.84. The molecule has 0 heterocycles. The molecule has 0 amide bonds. The van der Waals surface area contributed by atoms with Gasteiger partial charge in [-0.2, -0.15) is 0 Å². The number of carbonyl (C=O) groups is 1. The van der Waals surface area contributed by atoms with Crippen LogP contribution in [0, 0.1) is 5.92 Å². The Hall–Kier alpha value is -0.590. The van der Waals surface area contributed by atoms with Crippen molar-refractivity contribution in [3.8, 4) is 0 Å². The first-order valence-corrected chi connectivity index (χ1v) is 3.05. The van der Waals surface area contributed by atoms with Gasteiger partial charge in [0, 0.05) is 5.92 Å². The second kappa shape index (κ2) is 2.12. The van der Waals surface area contributed by atoms with Crippen molar-refractivity contribution in [2.75, 3.05) is 0 Å². The standard InChI is InChI=1S/C7H10O/c1-2-6-4-3-5-7(6)8/h3,5-6H,2,4H2,1H3. The molecule has 1 nitrogen and oxygen atoms in total. The summed E-state index contributed by atoms with van der Waals surface area (Å²) >= 11 is 0. The van der Waals surface area contributed by atoms with E-state index in [4.69, 9.17) is 0 Å². The summed E-state index contributed by atoms with van der Waals surface area (Å²) in [6.07, 6.45) is 5.60. The Morgan fingerprint density at radius 3 is 2.88 bits per heavy atom. The molecule has 1 atom stereocenters. The molecule has 1 unspecified atom stereocenters. The molecule has 0 aromatic rings. The molecular formula is C7H10O. The topological polar surface area (TPSA) is 17.1 Å². The van der Waals surface area contributed by atoms with Crippen molar-refractivity contribution >= 4 is 5.78 Å². The first kappa shape index (κ1) is 5.54. The highest BCUT2D eigenvalue weighted by Crippen LogP contribution is 2.16. The lowest BCUT2D eigenvalue weighted by Gasteiger charge is -1.99. The van der Waals surface area contributed by atoms with Crippen molar-refractivity contribution in [2.24, 2.45) is 5.92 Å². The molecule has 0 radical (unpaired) electrons. The lowest BCUT2D eigenvalue weighted by atomic mass is 10.0. The van der Waals surface area contributed by atoms with E-state index in [1.807, 2.05) is 6.08 Å². The van der Waals surface area contributed by atoms with Crippen LogP contribution in [-0.2, 0) is 4.79 Å². The van der Waals surface area contributed by atoms with Crippen LogP contribution < -0.4 is 0 Å². The van der Waals surface area contributed by atoms with Gasteiger partial charge in [0.15, 0.2) is 5.78 Å². The zero-order chi connectivity index (χ0) is 5.98. The zero-order valence-electron chi connectivity index (χ0n) is 5.05. The Balaban J connectivity index is 2.51. The van der Waals surface area contributed by atoms with Crippen LogP contribution in [0.5, 0.6) is 0 Å². The van der Waals surface area contributed by atoms with Crippen molar-refractivity contribution in [3.05, 3.63) is 12.2 Å². The van der Waals surface area contributed by atoms with Gasteiger partial charge in [-0.1, -0.05) is 13.0 Å². The Bertz CT molecular complexity index is 124. The van der Waals surface area contributed by atoms with Crippen LogP contribution in [0.3, 0.4) is 0 Å². The fraction of sp³-hybridized carbons (Fsp3) is 0.571. The number of hydrogen-bond acceptors (Lipinski definition) is 1. The van der Waals surface area contributed by atoms with Crippen molar-refractivity contribution in [1.29, 1.82) is 0 Å². The molecule has 0 aliphatic heterocycles. The lowest BCUT2D eigenvalue weighted by molar-refractivity contribution is -0.117. The van der Waals surface area contributed by atoms with Crippen LogP contribution in [-0.4, -0.2) is 5.78 Å². The molecule has 0 bridgehead atoms. The van der Waals surface area contributed by atoms with Gasteiger partial charge in [-0.25, -0.2) is 0 Å². The quantitative estimate of drug-likeness (QED) is 0.500. The average molecular weight is 110 g/mol. The minimum atomic E-state index is 0.313. The lowest BCUT2D eigenvalue weighted by Crippen LogP contribution is -2.03. The van der Waals surface area contributed by atoms with Crippen molar-refractivity contribution in [1.82, 2.24) is 0 Å². The van der Waals surface area contributed by atoms with Crippen LogP contribution in [0.15, 0.2) is 12.2 Å². The molecule has 0 N–H and O–H groups in total. The number of carbonyl (C=O) groups excluding carboxylic acids is 1. The summed E-state index contributed by atoms with van der Waals surface area (Å²) in [6.45, 7) is 2.05. The van der Waals surface area contributed by atoms with Gasteiger partial charge in [0.2, 0.25) is 0 Å². The summed E-state index contributed by atoms with van der Waals surface area (Å²) in [4.78, 5) is 10.7. The maximum absolute atomic E-state index is 10.7. The van der Waals surface area contributed by atoms with Crippen LogP contribution in [0.1, 0.15) is 19.8 Å². The van der Waals surface area contributed by atoms with Crippen LogP contribution in [0.25, 0.3) is 0 Å². The van der Waals surface area contributed by atoms with Gasteiger partial charge in [0.25, 0.3) is 0 Å². The van der Waals surface area contributed by atoms with Gasteiger partial charge in [-0.3, -0.25) is 4.79 Å². The summed E-state index contributed by atoms with van der Waals surface area (Å²) in [5, 5.41) is 0. The molecule has 1 rings (SSSR count). The van der Waals surface area contributed by atoms with Crippen molar-refractivity contribution < 1.29 is 4.79 Å². The van der Waals surface area contributed by atoms with Gasteiger partial charge >= 0.3 is 0 Å². The van der Waals surface area contributed by atoms with Crippen LogP contribution in [0.4, 0.5) is 0 Å². The Kier molecular flexibility index (Phi) is 1.47. The fourth-order valence-electron chi connectivity index (χ4n) is 0.969. The molecule has 0 spiro atoms. The van der Waals surface area contributed by atoms with E-state index in [-0.39, 0.29) is 0 Å². The first-order valence-electron chi connectivity index (χ1n) is 3.05. The van der Waals surface area contributed by atoms with E-state index in [2.05, 4.69) is 6.92 Å². The van der Waals surface area contributed by atoms with E-state index < -0.39 is 0 Å². The predicted molar refractivity (Wildman–Crippen MR) is 32.5 cm³/mol. The van der Waals surface area contributed by atoms with Crippen LogP contribution in [0.2, 0.25) is 0 Å². The largest absolute Gasteiger partial charge is 0.295 e. The summed E-state index contributed by atoms with van der Waals surface area (Å²) in [5.74, 6) is 0.627. The number of ketones is 1. The molecule has 1 aliphatic carbocycles. The van der Waals surface area contributed by atoms with E-state index in [0.29, 0.717) is 11.7 Å². The summed E-state index contributed by atoms with van der Waals surface area (Å²) < 4.78 is 0. The summed E-state index contributed by atoms with van der Waals surface area (Å²) in [7, 11) is 0. The zero-order valence-corrected chi connectivity index (χ0v) is 5.05. The van der Waals surface area contributed by atoms with Gasteiger partial charge in [0.1, 0.15) is 0 Å². The van der Waals surface area contributed by atoms with Gasteiger partial charge in [0.05, 0.1) is 0 Å². The van der Waals surface area contributed by atoms with Crippen molar-refractivity contribution in [2.45, 2.75) is 19.8 Å². The second-order valence-corrected chi connectivity index (χ2v) is 2.15. The average Bonchev–Trinajstić information content (AvgIpc) is 2.14. The molecule has 0 saturated carbocycles. The van der Waals surface area contributed by atoms with Gasteiger partial charge in [-0.05, 0) is 18.9 Å². The second-order valence-electron chi connectivity index (χ2n) is 2.15. The molecule has 0 saturated heterocycles. The Labute approximate surface area is 49.4 Å². The molecule has 1 heteroatoms. The SMILES string of the molecule is CCC1CC=CC1=O. The minimum absolute atomic E-state index is 0.313. The molecule has 0 aromatic heterocycles. The molecule has 0 aromatic carbocycles. The third-order valence-electron chi connectivity index (χ3n) is 1.60. The number of rotatable bonds is 1. The van der Waals surface area contributed by atoms with Crippen LogP contribution >= 0.6 is 0 Å². The maximum Gasteiger partial charge on any atom is 0.158 e. The van der Waals surface area contributed by atoms with Crippen molar-refractivity contribution in [3.63, 3.8) is 0 Å². The van der Waals surface area contributed by atoms with Gasteiger partial charge < -0.3 is 0 Å². The smallest absolute Gasteiger partial charge is 0.158 e. The van der Waals surface area contributed by atoms with E-state index in [1.54, 1.807) is 6.08 Å². The fourth-order valence-corrected chi connectivity index (χ4v) is 0.969. The highest BCUT2D eigenvalue weighted by Gasteiger charge is 2.15. The molecule has 8 heavy (non-hydrogen) atoms. The number of hydrogen-bond donors (Lipinski definition) is 0. The predicted octanol–water partition coefficient (Wildman–Crippen LogP) is 1.54. The number of allylic oxidation sites excluding steroid dienone is 2. The maximum atomic E-state index is 10.7. The van der Waals surface area contributed by atoms with E-state index >= 15 is 0 Å².